The summed E-state index contributed by atoms with van der Waals surface area (Å²) in [6.45, 7) is 3.14. The zero-order valence-corrected chi connectivity index (χ0v) is 14.3. The Hall–Kier alpha value is -2.07. The minimum atomic E-state index is -0.0861. The zero-order chi connectivity index (χ0) is 17.0. The van der Waals surface area contributed by atoms with Crippen molar-refractivity contribution in [2.75, 3.05) is 6.54 Å². The molecular weight excluding hydrogens is 300 g/mol. The molecule has 0 radical (unpaired) electrons. The summed E-state index contributed by atoms with van der Waals surface area (Å²) in [5.41, 5.74) is 8.81. The number of carbonyl (C=O) groups is 1. The molecule has 0 aliphatic heterocycles. The summed E-state index contributed by atoms with van der Waals surface area (Å²) < 4.78 is 5.27. The summed E-state index contributed by atoms with van der Waals surface area (Å²) in [6.07, 6.45) is 7.44. The van der Waals surface area contributed by atoms with Crippen LogP contribution < -0.4 is 11.1 Å². The highest BCUT2D eigenvalue weighted by Gasteiger charge is 2.35. The van der Waals surface area contributed by atoms with E-state index in [1.165, 1.54) is 36.7 Å². The Balaban J connectivity index is 1.78. The molecular formula is C20H26N2O2. The number of carbonyl (C=O) groups excluding carboxylic acids is 1. The molecule has 0 spiro atoms. The van der Waals surface area contributed by atoms with Crippen molar-refractivity contribution in [2.45, 2.75) is 51.0 Å². The van der Waals surface area contributed by atoms with Crippen molar-refractivity contribution < 1.29 is 9.21 Å². The predicted molar refractivity (Wildman–Crippen MR) is 94.9 cm³/mol. The summed E-state index contributed by atoms with van der Waals surface area (Å²) in [4.78, 5) is 12.5. The average molecular weight is 326 g/mol. The quantitative estimate of drug-likeness (QED) is 0.880. The lowest BCUT2D eigenvalue weighted by molar-refractivity contribution is 0.0936. The molecule has 1 aromatic carbocycles. The third kappa shape index (κ3) is 3.39. The molecule has 4 nitrogen and oxygen atoms in total. The molecule has 2 aromatic rings. The maximum atomic E-state index is 12.5. The predicted octanol–water partition coefficient (Wildman–Crippen LogP) is 3.68. The van der Waals surface area contributed by atoms with Crippen LogP contribution in [-0.2, 0) is 12.0 Å². The van der Waals surface area contributed by atoms with Gasteiger partial charge >= 0.3 is 0 Å². The first-order valence-corrected chi connectivity index (χ1v) is 8.76. The van der Waals surface area contributed by atoms with Crippen molar-refractivity contribution in [3.63, 3.8) is 0 Å². The van der Waals surface area contributed by atoms with Crippen LogP contribution in [0.1, 0.15) is 59.3 Å². The van der Waals surface area contributed by atoms with Crippen molar-refractivity contribution in [1.82, 2.24) is 5.32 Å². The number of amides is 1. The Kier molecular flexibility index (Phi) is 5.05. The average Bonchev–Trinajstić information content (AvgIpc) is 3.10. The number of benzene rings is 1. The van der Waals surface area contributed by atoms with Crippen molar-refractivity contribution in [3.05, 3.63) is 59.0 Å². The number of aryl methyl sites for hydroxylation is 1. The maximum Gasteiger partial charge on any atom is 0.254 e. The number of hydrogen-bond acceptors (Lipinski definition) is 3. The third-order valence-corrected chi connectivity index (χ3v) is 5.23. The van der Waals surface area contributed by atoms with Gasteiger partial charge in [-0.15, -0.1) is 0 Å². The molecule has 0 atom stereocenters. The maximum absolute atomic E-state index is 12.5. The Morgan fingerprint density at radius 1 is 1.25 bits per heavy atom. The van der Waals surface area contributed by atoms with Gasteiger partial charge in [-0.05, 0) is 37.0 Å². The summed E-state index contributed by atoms with van der Waals surface area (Å²) >= 11 is 0. The normalized spacial score (nSPS) is 16.8. The molecule has 1 fully saturated rings. The van der Waals surface area contributed by atoms with Gasteiger partial charge in [-0.3, -0.25) is 4.79 Å². The monoisotopic (exact) mass is 326 g/mol. The molecule has 0 unspecified atom stereocenters. The van der Waals surface area contributed by atoms with Crippen LogP contribution in [0.4, 0.5) is 0 Å². The highest BCUT2D eigenvalue weighted by atomic mass is 16.3. The van der Waals surface area contributed by atoms with Crippen molar-refractivity contribution in [1.29, 1.82) is 0 Å². The number of nitrogens with two attached hydrogens (primary N) is 1. The summed E-state index contributed by atoms with van der Waals surface area (Å²) in [5, 5.41) is 3.13. The van der Waals surface area contributed by atoms with E-state index in [-0.39, 0.29) is 11.3 Å². The lowest BCUT2D eigenvalue weighted by Gasteiger charge is -2.39. The van der Waals surface area contributed by atoms with Gasteiger partial charge < -0.3 is 15.5 Å². The van der Waals surface area contributed by atoms with Crippen LogP contribution >= 0.6 is 0 Å². The van der Waals surface area contributed by atoms with Crippen LogP contribution in [0, 0.1) is 6.92 Å². The lowest BCUT2D eigenvalue weighted by atomic mass is 9.68. The molecule has 1 aliphatic rings. The van der Waals surface area contributed by atoms with Gasteiger partial charge in [0.15, 0.2) is 0 Å². The standard InChI is InChI=1S/C20H26N2O2/c1-15-7-3-4-8-18(15)20(9-5-2-6-10-20)14-22-19(23)16-11-17(12-21)24-13-16/h3-4,7-8,11,13H,2,5-6,9-10,12,14,21H2,1H3,(H,22,23). The van der Waals surface area contributed by atoms with E-state index in [1.807, 2.05) is 0 Å². The number of nitrogens with one attached hydrogen (secondary N) is 1. The van der Waals surface area contributed by atoms with Gasteiger partial charge in [0, 0.05) is 12.0 Å². The molecule has 4 heteroatoms. The van der Waals surface area contributed by atoms with E-state index in [4.69, 9.17) is 10.2 Å². The molecule has 1 heterocycles. The van der Waals surface area contributed by atoms with Crippen molar-refractivity contribution in [2.24, 2.45) is 5.73 Å². The van der Waals surface area contributed by atoms with Gasteiger partial charge in [0.25, 0.3) is 5.91 Å². The summed E-state index contributed by atoms with van der Waals surface area (Å²) in [7, 11) is 0. The third-order valence-electron chi connectivity index (χ3n) is 5.23. The van der Waals surface area contributed by atoms with E-state index in [9.17, 15) is 4.79 Å². The highest BCUT2D eigenvalue weighted by Crippen LogP contribution is 2.40. The molecule has 128 valence electrons. The molecule has 1 aliphatic carbocycles. The molecule has 24 heavy (non-hydrogen) atoms. The summed E-state index contributed by atoms with van der Waals surface area (Å²) in [6, 6.07) is 10.3. The Morgan fingerprint density at radius 3 is 2.67 bits per heavy atom. The van der Waals surface area contributed by atoms with Crippen LogP contribution in [0.15, 0.2) is 41.0 Å². The van der Waals surface area contributed by atoms with Crippen molar-refractivity contribution in [3.8, 4) is 0 Å². The van der Waals surface area contributed by atoms with Gasteiger partial charge in [0.2, 0.25) is 0 Å². The number of hydrogen-bond donors (Lipinski definition) is 2. The van der Waals surface area contributed by atoms with Crippen LogP contribution in [0.2, 0.25) is 0 Å². The fourth-order valence-corrected chi connectivity index (χ4v) is 3.90. The van der Waals surface area contributed by atoms with E-state index < -0.39 is 0 Å². The van der Waals surface area contributed by atoms with Crippen LogP contribution in [0.3, 0.4) is 0 Å². The van der Waals surface area contributed by atoms with Gasteiger partial charge in [-0.2, -0.15) is 0 Å². The summed E-state index contributed by atoms with van der Waals surface area (Å²) in [5.74, 6) is 0.545. The van der Waals surface area contributed by atoms with Crippen molar-refractivity contribution >= 4 is 5.91 Å². The SMILES string of the molecule is Cc1ccccc1C1(CNC(=O)c2coc(CN)c2)CCCCC1. The van der Waals surface area contributed by atoms with Crippen LogP contribution in [0.5, 0.6) is 0 Å². The minimum absolute atomic E-state index is 0.0414. The van der Waals surface area contributed by atoms with E-state index in [1.54, 1.807) is 6.07 Å². The molecule has 1 saturated carbocycles. The first-order chi connectivity index (χ1) is 11.6. The number of furan rings is 1. The largest absolute Gasteiger partial charge is 0.467 e. The molecule has 0 saturated heterocycles. The van der Waals surface area contributed by atoms with E-state index in [2.05, 4.69) is 36.5 Å². The Labute approximate surface area is 143 Å². The van der Waals surface area contributed by atoms with Gasteiger partial charge in [0.1, 0.15) is 12.0 Å². The highest BCUT2D eigenvalue weighted by molar-refractivity contribution is 5.94. The second-order valence-electron chi connectivity index (χ2n) is 6.84. The molecule has 3 N–H and O–H groups in total. The van der Waals surface area contributed by atoms with E-state index >= 15 is 0 Å². The van der Waals surface area contributed by atoms with Gasteiger partial charge in [0.05, 0.1) is 12.1 Å². The van der Waals surface area contributed by atoms with Crippen LogP contribution in [0.25, 0.3) is 0 Å². The zero-order valence-electron chi connectivity index (χ0n) is 14.3. The fourth-order valence-electron chi connectivity index (χ4n) is 3.90. The smallest absolute Gasteiger partial charge is 0.254 e. The second-order valence-corrected chi connectivity index (χ2v) is 6.84. The Morgan fingerprint density at radius 2 is 2.00 bits per heavy atom. The second kappa shape index (κ2) is 7.22. The molecule has 1 aromatic heterocycles. The Bertz CT molecular complexity index is 699. The van der Waals surface area contributed by atoms with E-state index in [0.29, 0.717) is 24.4 Å². The number of rotatable bonds is 5. The fraction of sp³-hybridized carbons (Fsp3) is 0.450. The first kappa shape index (κ1) is 16.8. The van der Waals surface area contributed by atoms with Gasteiger partial charge in [-0.25, -0.2) is 0 Å². The van der Waals surface area contributed by atoms with E-state index in [0.717, 1.165) is 12.8 Å². The molecule has 3 rings (SSSR count). The first-order valence-electron chi connectivity index (χ1n) is 8.76. The van der Waals surface area contributed by atoms with Crippen LogP contribution in [-0.4, -0.2) is 12.5 Å². The topological polar surface area (TPSA) is 68.3 Å². The van der Waals surface area contributed by atoms with Gasteiger partial charge in [-0.1, -0.05) is 43.5 Å². The minimum Gasteiger partial charge on any atom is -0.467 e. The molecule has 0 bridgehead atoms. The molecule has 1 amide bonds. The lowest BCUT2D eigenvalue weighted by Crippen LogP contribution is -2.42.